The van der Waals surface area contributed by atoms with Gasteiger partial charge >= 0.3 is 0 Å². The Labute approximate surface area is 127 Å². The van der Waals surface area contributed by atoms with Gasteiger partial charge in [-0.2, -0.15) is 0 Å². The van der Waals surface area contributed by atoms with Gasteiger partial charge in [-0.05, 0) is 43.3 Å². The van der Waals surface area contributed by atoms with Crippen molar-refractivity contribution in [1.82, 2.24) is 4.98 Å². The number of nitrogens with one attached hydrogen (secondary N) is 1. The third-order valence-electron chi connectivity index (χ3n) is 3.53. The molecule has 0 atom stereocenters. The molecule has 0 bridgehead atoms. The largest absolute Gasteiger partial charge is 0.497 e. The van der Waals surface area contributed by atoms with Crippen molar-refractivity contribution in [3.8, 4) is 5.75 Å². The molecule has 3 aromatic rings. The number of H-pyrrole nitrogens is 1. The van der Waals surface area contributed by atoms with Gasteiger partial charge in [0, 0.05) is 27.2 Å². The Morgan fingerprint density at radius 3 is 2.52 bits per heavy atom. The lowest BCUT2D eigenvalue weighted by atomic mass is 10.0. The van der Waals surface area contributed by atoms with Crippen LogP contribution in [0.5, 0.6) is 5.75 Å². The summed E-state index contributed by atoms with van der Waals surface area (Å²) in [6.07, 6.45) is 0. The molecule has 0 fully saturated rings. The van der Waals surface area contributed by atoms with E-state index in [1.807, 2.05) is 19.1 Å². The minimum atomic E-state index is -0.0104. The number of aromatic amines is 1. The van der Waals surface area contributed by atoms with E-state index in [1.54, 1.807) is 37.4 Å². The first-order chi connectivity index (χ1) is 10.1. The van der Waals surface area contributed by atoms with Crippen LogP contribution in [0.2, 0.25) is 5.02 Å². The topological polar surface area (TPSA) is 42.1 Å². The number of aryl methyl sites for hydroxylation is 1. The summed E-state index contributed by atoms with van der Waals surface area (Å²) < 4.78 is 5.11. The number of halogens is 1. The second-order valence-corrected chi connectivity index (χ2v) is 5.31. The summed E-state index contributed by atoms with van der Waals surface area (Å²) in [5, 5.41) is 1.53. The zero-order valence-electron chi connectivity index (χ0n) is 11.7. The number of fused-ring (bicyclic) bond motifs is 1. The summed E-state index contributed by atoms with van der Waals surface area (Å²) in [7, 11) is 1.60. The third kappa shape index (κ3) is 2.41. The second-order valence-electron chi connectivity index (χ2n) is 4.87. The molecule has 0 aliphatic rings. The van der Waals surface area contributed by atoms with Crippen molar-refractivity contribution >= 4 is 28.3 Å². The van der Waals surface area contributed by atoms with E-state index in [4.69, 9.17) is 16.3 Å². The van der Waals surface area contributed by atoms with Crippen LogP contribution in [0.15, 0.2) is 42.5 Å². The molecule has 0 spiro atoms. The van der Waals surface area contributed by atoms with Crippen molar-refractivity contribution in [3.63, 3.8) is 0 Å². The lowest BCUT2D eigenvalue weighted by Crippen LogP contribution is -2.02. The van der Waals surface area contributed by atoms with E-state index in [-0.39, 0.29) is 5.78 Å². The second kappa shape index (κ2) is 5.26. The summed E-state index contributed by atoms with van der Waals surface area (Å²) in [6, 6.07) is 12.6. The van der Waals surface area contributed by atoms with Gasteiger partial charge in [0.25, 0.3) is 0 Å². The Hall–Kier alpha value is -2.26. The number of rotatable bonds is 3. The van der Waals surface area contributed by atoms with Crippen molar-refractivity contribution in [3.05, 3.63) is 64.3 Å². The fourth-order valence-corrected chi connectivity index (χ4v) is 2.66. The summed E-state index contributed by atoms with van der Waals surface area (Å²) in [5.74, 6) is 0.720. The number of hydrogen-bond acceptors (Lipinski definition) is 2. The van der Waals surface area contributed by atoms with Crippen LogP contribution < -0.4 is 4.74 Å². The maximum absolute atomic E-state index is 12.7. The van der Waals surface area contributed by atoms with Gasteiger partial charge < -0.3 is 9.72 Å². The Morgan fingerprint density at radius 2 is 1.86 bits per heavy atom. The molecule has 0 amide bonds. The third-order valence-corrected chi connectivity index (χ3v) is 3.76. The quantitative estimate of drug-likeness (QED) is 0.730. The van der Waals surface area contributed by atoms with E-state index < -0.39 is 0 Å². The van der Waals surface area contributed by atoms with Crippen molar-refractivity contribution in [1.29, 1.82) is 0 Å². The number of carbonyl (C=O) groups excluding carboxylic acids is 1. The molecule has 4 heteroatoms. The Morgan fingerprint density at radius 1 is 1.14 bits per heavy atom. The Balaban J connectivity index is 2.10. The first-order valence-corrected chi connectivity index (χ1v) is 6.94. The molecule has 0 saturated heterocycles. The van der Waals surface area contributed by atoms with Gasteiger partial charge in [0.2, 0.25) is 0 Å². The van der Waals surface area contributed by atoms with E-state index in [9.17, 15) is 4.79 Å². The highest BCUT2D eigenvalue weighted by atomic mass is 35.5. The number of methoxy groups -OCH3 is 1. The Bertz CT molecular complexity index is 819. The van der Waals surface area contributed by atoms with E-state index in [0.717, 1.165) is 22.3 Å². The van der Waals surface area contributed by atoms with Crippen LogP contribution in [0.4, 0.5) is 0 Å². The first-order valence-electron chi connectivity index (χ1n) is 6.56. The molecule has 0 unspecified atom stereocenters. The van der Waals surface area contributed by atoms with E-state index in [1.165, 1.54) is 0 Å². The molecule has 2 aromatic carbocycles. The summed E-state index contributed by atoms with van der Waals surface area (Å²) >= 11 is 5.99. The smallest absolute Gasteiger partial charge is 0.195 e. The summed E-state index contributed by atoms with van der Waals surface area (Å²) in [5.41, 5.74) is 3.03. The molecule has 3 rings (SSSR count). The number of hydrogen-bond donors (Lipinski definition) is 1. The minimum Gasteiger partial charge on any atom is -0.497 e. The first kappa shape index (κ1) is 13.7. The predicted molar refractivity (Wildman–Crippen MR) is 84.5 cm³/mol. The Kier molecular flexibility index (Phi) is 3.43. The van der Waals surface area contributed by atoms with Crippen LogP contribution in [-0.4, -0.2) is 17.9 Å². The number of carbonyl (C=O) groups is 1. The molecule has 0 saturated carbocycles. The molecule has 106 valence electrons. The zero-order valence-corrected chi connectivity index (χ0v) is 12.5. The van der Waals surface area contributed by atoms with Crippen molar-refractivity contribution < 1.29 is 9.53 Å². The van der Waals surface area contributed by atoms with Crippen LogP contribution in [0, 0.1) is 6.92 Å². The van der Waals surface area contributed by atoms with Gasteiger partial charge in [-0.15, -0.1) is 0 Å². The van der Waals surface area contributed by atoms with Gasteiger partial charge in [0.1, 0.15) is 5.75 Å². The fourth-order valence-electron chi connectivity index (χ4n) is 2.48. The van der Waals surface area contributed by atoms with Gasteiger partial charge in [-0.25, -0.2) is 0 Å². The van der Waals surface area contributed by atoms with Gasteiger partial charge in [0.05, 0.1) is 12.7 Å². The van der Waals surface area contributed by atoms with Crippen molar-refractivity contribution in [2.75, 3.05) is 7.11 Å². The molecule has 1 N–H and O–H groups in total. The zero-order chi connectivity index (χ0) is 15.0. The van der Waals surface area contributed by atoms with E-state index >= 15 is 0 Å². The predicted octanol–water partition coefficient (Wildman–Crippen LogP) is 4.37. The molecule has 1 heterocycles. The van der Waals surface area contributed by atoms with Crippen LogP contribution in [-0.2, 0) is 0 Å². The van der Waals surface area contributed by atoms with Crippen molar-refractivity contribution in [2.24, 2.45) is 0 Å². The molecule has 0 radical (unpaired) electrons. The molecular formula is C17H14ClNO2. The number of ether oxygens (including phenoxy) is 1. The standard InChI is InChI=1S/C17H14ClNO2/c1-10-16(14-8-5-12(18)9-15(14)19-10)17(20)11-3-6-13(21-2)7-4-11/h3-9,19H,1-2H3. The molecule has 0 aliphatic carbocycles. The number of ketones is 1. The van der Waals surface area contributed by atoms with Crippen LogP contribution in [0.1, 0.15) is 21.6 Å². The van der Waals surface area contributed by atoms with E-state index in [0.29, 0.717) is 16.1 Å². The molecule has 0 aliphatic heterocycles. The number of aromatic nitrogens is 1. The fraction of sp³-hybridized carbons (Fsp3) is 0.118. The van der Waals surface area contributed by atoms with Gasteiger partial charge in [-0.3, -0.25) is 4.79 Å². The lowest BCUT2D eigenvalue weighted by molar-refractivity contribution is 0.103. The average Bonchev–Trinajstić information content (AvgIpc) is 2.81. The summed E-state index contributed by atoms with van der Waals surface area (Å²) in [6.45, 7) is 1.89. The highest BCUT2D eigenvalue weighted by molar-refractivity contribution is 6.31. The van der Waals surface area contributed by atoms with Crippen LogP contribution in [0.3, 0.4) is 0 Å². The normalized spacial score (nSPS) is 10.8. The van der Waals surface area contributed by atoms with Gasteiger partial charge in [-0.1, -0.05) is 17.7 Å². The summed E-state index contributed by atoms with van der Waals surface area (Å²) in [4.78, 5) is 15.9. The molecular weight excluding hydrogens is 286 g/mol. The monoisotopic (exact) mass is 299 g/mol. The minimum absolute atomic E-state index is 0.0104. The highest BCUT2D eigenvalue weighted by Gasteiger charge is 2.17. The number of benzene rings is 2. The van der Waals surface area contributed by atoms with Gasteiger partial charge in [0.15, 0.2) is 5.78 Å². The average molecular weight is 300 g/mol. The maximum Gasteiger partial charge on any atom is 0.195 e. The lowest BCUT2D eigenvalue weighted by Gasteiger charge is -2.03. The molecule has 1 aromatic heterocycles. The highest BCUT2D eigenvalue weighted by Crippen LogP contribution is 2.27. The van der Waals surface area contributed by atoms with Crippen molar-refractivity contribution in [2.45, 2.75) is 6.92 Å². The SMILES string of the molecule is COc1ccc(C(=O)c2c(C)[nH]c3cc(Cl)ccc23)cc1. The maximum atomic E-state index is 12.7. The van der Waals surface area contributed by atoms with E-state index in [2.05, 4.69) is 4.98 Å². The van der Waals surface area contributed by atoms with Crippen LogP contribution in [0.25, 0.3) is 10.9 Å². The molecule has 21 heavy (non-hydrogen) atoms. The van der Waals surface area contributed by atoms with Crippen LogP contribution >= 0.6 is 11.6 Å². The molecule has 3 nitrogen and oxygen atoms in total.